The monoisotopic (exact) mass is 418 g/mol. The van der Waals surface area contributed by atoms with Crippen molar-refractivity contribution in [3.05, 3.63) is 59.1 Å². The second-order valence-electron chi connectivity index (χ2n) is 6.62. The van der Waals surface area contributed by atoms with E-state index in [-0.39, 0.29) is 6.61 Å². The quantitative estimate of drug-likeness (QED) is 0.597. The Balaban J connectivity index is 1.88. The number of hydrogen-bond donors (Lipinski definition) is 2. The number of rotatable bonds is 9. The maximum absolute atomic E-state index is 12.4. The first-order valence-electron chi connectivity index (χ1n) is 9.67. The van der Waals surface area contributed by atoms with Crippen LogP contribution in [0.1, 0.15) is 45.1 Å². The van der Waals surface area contributed by atoms with Crippen molar-refractivity contribution < 1.29 is 19.1 Å². The van der Waals surface area contributed by atoms with Gasteiger partial charge in [0.05, 0.1) is 5.02 Å². The number of ether oxygens (including phenoxy) is 2. The van der Waals surface area contributed by atoms with Crippen LogP contribution in [0.3, 0.4) is 0 Å². The summed E-state index contributed by atoms with van der Waals surface area (Å²) >= 11 is 5.97. The fraction of sp³-hybridized carbons (Fsp3) is 0.364. The molecule has 0 aliphatic rings. The molecule has 0 saturated carbocycles. The Morgan fingerprint density at radius 3 is 2.28 bits per heavy atom. The molecule has 6 nitrogen and oxygen atoms in total. The number of benzene rings is 2. The molecule has 0 aliphatic carbocycles. The zero-order valence-corrected chi connectivity index (χ0v) is 17.7. The van der Waals surface area contributed by atoms with Gasteiger partial charge in [0.15, 0.2) is 12.7 Å². The summed E-state index contributed by atoms with van der Waals surface area (Å²) in [6.45, 7) is 5.78. The molecule has 0 heterocycles. The van der Waals surface area contributed by atoms with Crippen molar-refractivity contribution >= 4 is 23.4 Å². The van der Waals surface area contributed by atoms with Crippen molar-refractivity contribution in [2.45, 2.75) is 45.6 Å². The summed E-state index contributed by atoms with van der Waals surface area (Å²) in [4.78, 5) is 24.4. The second-order valence-corrected chi connectivity index (χ2v) is 7.03. The lowest BCUT2D eigenvalue weighted by Gasteiger charge is -2.21. The fourth-order valence-electron chi connectivity index (χ4n) is 2.64. The summed E-state index contributed by atoms with van der Waals surface area (Å²) in [7, 11) is 0. The highest BCUT2D eigenvalue weighted by Crippen LogP contribution is 2.29. The Morgan fingerprint density at radius 1 is 0.966 bits per heavy atom. The van der Waals surface area contributed by atoms with Crippen LogP contribution in [0.2, 0.25) is 5.02 Å². The largest absolute Gasteiger partial charge is 0.482 e. The lowest BCUT2D eigenvalue weighted by atomic mass is 9.98. The highest BCUT2D eigenvalue weighted by molar-refractivity contribution is 6.32. The molecule has 2 rings (SSSR count). The van der Waals surface area contributed by atoms with Crippen molar-refractivity contribution in [3.8, 4) is 11.5 Å². The first kappa shape index (κ1) is 22.6. The molecule has 0 aromatic heterocycles. The average Bonchev–Trinajstić information content (AvgIpc) is 2.74. The van der Waals surface area contributed by atoms with Crippen LogP contribution < -0.4 is 20.3 Å². The van der Waals surface area contributed by atoms with E-state index in [4.69, 9.17) is 21.1 Å². The number of hydrogen-bond acceptors (Lipinski definition) is 4. The summed E-state index contributed by atoms with van der Waals surface area (Å²) < 4.78 is 11.3. The van der Waals surface area contributed by atoms with Crippen molar-refractivity contribution in [3.63, 3.8) is 0 Å². The highest BCUT2D eigenvalue weighted by Gasteiger charge is 2.21. The number of nitrogens with one attached hydrogen (secondary N) is 2. The van der Waals surface area contributed by atoms with Gasteiger partial charge in [-0.25, -0.2) is 0 Å². The van der Waals surface area contributed by atoms with E-state index in [0.29, 0.717) is 28.9 Å². The van der Waals surface area contributed by atoms with Gasteiger partial charge >= 0.3 is 0 Å². The molecule has 156 valence electrons. The molecule has 0 fully saturated rings. The summed E-state index contributed by atoms with van der Waals surface area (Å²) in [5.41, 5.74) is 5.78. The third-order valence-corrected chi connectivity index (χ3v) is 4.83. The summed E-state index contributed by atoms with van der Waals surface area (Å²) in [6, 6.07) is 14.5. The fourth-order valence-corrected chi connectivity index (χ4v) is 2.83. The van der Waals surface area contributed by atoms with Crippen molar-refractivity contribution in [2.24, 2.45) is 0 Å². The van der Waals surface area contributed by atoms with Crippen LogP contribution in [0.4, 0.5) is 0 Å². The van der Waals surface area contributed by atoms with E-state index in [2.05, 4.69) is 24.7 Å². The third kappa shape index (κ3) is 6.68. The van der Waals surface area contributed by atoms with Crippen LogP contribution in [0.15, 0.2) is 48.5 Å². The topological polar surface area (TPSA) is 76.7 Å². The third-order valence-electron chi connectivity index (χ3n) is 4.52. The number of amides is 2. The van der Waals surface area contributed by atoms with Crippen molar-refractivity contribution in [1.82, 2.24) is 10.9 Å². The number of para-hydroxylation sites is 2. The van der Waals surface area contributed by atoms with Crippen LogP contribution in [0.5, 0.6) is 11.5 Å². The first-order chi connectivity index (χ1) is 14.0. The van der Waals surface area contributed by atoms with Gasteiger partial charge in [0.25, 0.3) is 11.8 Å². The van der Waals surface area contributed by atoms with Crippen LogP contribution in [-0.2, 0) is 9.59 Å². The SMILES string of the molecule is CCC(Oc1ccccc1C(C)CC)C(=O)NNC(=O)COc1ccccc1Cl. The van der Waals surface area contributed by atoms with E-state index in [9.17, 15) is 9.59 Å². The molecule has 0 spiro atoms. The maximum Gasteiger partial charge on any atom is 0.279 e. The van der Waals surface area contributed by atoms with E-state index in [1.165, 1.54) is 0 Å². The Labute approximate surface area is 176 Å². The van der Waals surface area contributed by atoms with E-state index in [1.807, 2.05) is 31.2 Å². The molecule has 2 amide bonds. The van der Waals surface area contributed by atoms with Crippen molar-refractivity contribution in [1.29, 1.82) is 0 Å². The molecule has 0 bridgehead atoms. The smallest absolute Gasteiger partial charge is 0.279 e. The lowest BCUT2D eigenvalue weighted by molar-refractivity contribution is -0.134. The number of hydrazine groups is 1. The van der Waals surface area contributed by atoms with Crippen LogP contribution in [0.25, 0.3) is 0 Å². The number of halogens is 1. The van der Waals surface area contributed by atoms with Crippen LogP contribution >= 0.6 is 11.6 Å². The highest BCUT2D eigenvalue weighted by atomic mass is 35.5. The second kappa shape index (κ2) is 11.3. The van der Waals surface area contributed by atoms with Gasteiger partial charge in [-0.15, -0.1) is 0 Å². The maximum atomic E-state index is 12.4. The number of carbonyl (C=O) groups is 2. The van der Waals surface area contributed by atoms with E-state index < -0.39 is 17.9 Å². The molecule has 0 aliphatic heterocycles. The first-order valence-corrected chi connectivity index (χ1v) is 10.1. The standard InChI is InChI=1S/C22H27ClN2O4/c1-4-15(3)16-10-6-8-12-19(16)29-18(5-2)22(27)25-24-21(26)14-28-20-13-9-7-11-17(20)23/h6-13,15,18H,4-5,14H2,1-3H3,(H,24,26)(H,25,27). The summed E-state index contributed by atoms with van der Waals surface area (Å²) in [5.74, 6) is 0.448. The van der Waals surface area contributed by atoms with E-state index in [0.717, 1.165) is 12.0 Å². The van der Waals surface area contributed by atoms with Gasteiger partial charge in [0, 0.05) is 0 Å². The number of carbonyl (C=O) groups excluding carboxylic acids is 2. The molecular weight excluding hydrogens is 392 g/mol. The molecule has 2 aromatic rings. The summed E-state index contributed by atoms with van der Waals surface area (Å²) in [5, 5.41) is 0.406. The van der Waals surface area contributed by atoms with E-state index >= 15 is 0 Å². The van der Waals surface area contributed by atoms with Gasteiger partial charge in [0.2, 0.25) is 0 Å². The van der Waals surface area contributed by atoms with Crippen LogP contribution in [-0.4, -0.2) is 24.5 Å². The van der Waals surface area contributed by atoms with Crippen molar-refractivity contribution in [2.75, 3.05) is 6.61 Å². The Bertz CT molecular complexity index is 828. The Kier molecular flexibility index (Phi) is 8.80. The van der Waals surface area contributed by atoms with Gasteiger partial charge in [-0.2, -0.15) is 0 Å². The van der Waals surface area contributed by atoms with Gasteiger partial charge < -0.3 is 9.47 Å². The van der Waals surface area contributed by atoms with E-state index in [1.54, 1.807) is 24.3 Å². The molecule has 7 heteroatoms. The zero-order chi connectivity index (χ0) is 21.2. The van der Waals surface area contributed by atoms with Gasteiger partial charge in [-0.3, -0.25) is 20.4 Å². The zero-order valence-electron chi connectivity index (χ0n) is 16.9. The molecule has 2 N–H and O–H groups in total. The molecule has 2 aromatic carbocycles. The predicted molar refractivity (Wildman–Crippen MR) is 113 cm³/mol. The summed E-state index contributed by atoms with van der Waals surface area (Å²) in [6.07, 6.45) is 0.683. The molecule has 2 unspecified atom stereocenters. The van der Waals surface area contributed by atoms with Gasteiger partial charge in [0.1, 0.15) is 11.5 Å². The van der Waals surface area contributed by atoms with Crippen LogP contribution in [0, 0.1) is 0 Å². The molecule has 2 atom stereocenters. The minimum Gasteiger partial charge on any atom is -0.482 e. The Morgan fingerprint density at radius 2 is 1.62 bits per heavy atom. The molecule has 29 heavy (non-hydrogen) atoms. The average molecular weight is 419 g/mol. The molecule has 0 radical (unpaired) electrons. The minimum atomic E-state index is -0.731. The minimum absolute atomic E-state index is 0.279. The Hall–Kier alpha value is -2.73. The van der Waals surface area contributed by atoms with Gasteiger partial charge in [-0.1, -0.05) is 62.7 Å². The predicted octanol–water partition coefficient (Wildman–Crippen LogP) is 4.24. The molecule has 0 saturated heterocycles. The molecular formula is C22H27ClN2O4. The van der Waals surface area contributed by atoms with Gasteiger partial charge in [-0.05, 0) is 42.5 Å². The lowest BCUT2D eigenvalue weighted by Crippen LogP contribution is -2.49. The normalized spacial score (nSPS) is 12.6.